The number of nitrogens with two attached hydrogens (primary N) is 1. The van der Waals surface area contributed by atoms with E-state index in [4.69, 9.17) is 10.6 Å². The van der Waals surface area contributed by atoms with Crippen LogP contribution in [0.25, 0.3) is 0 Å². The largest absolute Gasteiger partial charge is 0.378 e. The van der Waals surface area contributed by atoms with Gasteiger partial charge in [0.15, 0.2) is 0 Å². The molecule has 0 spiro atoms. The molecule has 6 heteroatoms. The van der Waals surface area contributed by atoms with Crippen LogP contribution in [0.1, 0.15) is 19.8 Å². The van der Waals surface area contributed by atoms with Gasteiger partial charge in [0.25, 0.3) is 0 Å². The molecule has 16 heavy (non-hydrogen) atoms. The summed E-state index contributed by atoms with van der Waals surface area (Å²) in [5, 5.41) is 3.36. The van der Waals surface area contributed by atoms with Crippen LogP contribution >= 0.6 is 0 Å². The van der Waals surface area contributed by atoms with E-state index >= 15 is 0 Å². The maximum atomic E-state index is 5.49. The van der Waals surface area contributed by atoms with Crippen LogP contribution in [0.4, 0.5) is 11.8 Å². The Kier molecular flexibility index (Phi) is 3.53. The zero-order valence-electron chi connectivity index (χ0n) is 9.31. The molecule has 1 aromatic rings. The van der Waals surface area contributed by atoms with Gasteiger partial charge in [0.1, 0.15) is 5.82 Å². The Morgan fingerprint density at radius 2 is 2.44 bits per heavy atom. The number of nitrogens with one attached hydrogen (secondary N) is 2. The standard InChI is InChI=1S/C10H17N5O/c1-7-6-8(3-5-16-7)13-9-2-4-12-10(14-9)15-11/h2,4,7-8H,3,5-6,11H2,1H3,(H2,12,13,14,15). The second kappa shape index (κ2) is 5.09. The van der Waals surface area contributed by atoms with Gasteiger partial charge in [-0.1, -0.05) is 0 Å². The third-order valence-corrected chi connectivity index (χ3v) is 2.62. The van der Waals surface area contributed by atoms with Crippen LogP contribution < -0.4 is 16.6 Å². The van der Waals surface area contributed by atoms with Crippen LogP contribution in [-0.4, -0.2) is 28.7 Å². The molecule has 6 nitrogen and oxygen atoms in total. The minimum absolute atomic E-state index is 0.306. The number of aromatic nitrogens is 2. The van der Waals surface area contributed by atoms with E-state index in [0.29, 0.717) is 18.1 Å². The highest BCUT2D eigenvalue weighted by Gasteiger charge is 2.19. The lowest BCUT2D eigenvalue weighted by atomic mass is 10.0. The molecule has 1 aromatic heterocycles. The van der Waals surface area contributed by atoms with E-state index in [9.17, 15) is 0 Å². The Labute approximate surface area is 94.6 Å². The minimum Gasteiger partial charge on any atom is -0.378 e. The molecule has 0 saturated carbocycles. The second-order valence-electron chi connectivity index (χ2n) is 3.96. The van der Waals surface area contributed by atoms with Crippen molar-refractivity contribution in [2.24, 2.45) is 5.84 Å². The molecule has 0 bridgehead atoms. The van der Waals surface area contributed by atoms with Crippen molar-refractivity contribution in [3.63, 3.8) is 0 Å². The molecule has 1 saturated heterocycles. The van der Waals surface area contributed by atoms with E-state index in [1.165, 1.54) is 0 Å². The number of nitrogen functional groups attached to an aromatic ring is 1. The zero-order valence-corrected chi connectivity index (χ0v) is 9.31. The van der Waals surface area contributed by atoms with Crippen molar-refractivity contribution in [2.75, 3.05) is 17.3 Å². The number of hydrogen-bond donors (Lipinski definition) is 3. The van der Waals surface area contributed by atoms with E-state index in [0.717, 1.165) is 25.3 Å². The van der Waals surface area contributed by atoms with Crippen molar-refractivity contribution >= 4 is 11.8 Å². The predicted octanol–water partition coefficient (Wildman–Crippen LogP) is 0.742. The lowest BCUT2D eigenvalue weighted by Gasteiger charge is -2.28. The van der Waals surface area contributed by atoms with Gasteiger partial charge >= 0.3 is 0 Å². The molecule has 88 valence electrons. The average Bonchev–Trinajstić information content (AvgIpc) is 2.29. The topological polar surface area (TPSA) is 85.1 Å². The third kappa shape index (κ3) is 2.80. The summed E-state index contributed by atoms with van der Waals surface area (Å²) in [5.41, 5.74) is 2.43. The van der Waals surface area contributed by atoms with Gasteiger partial charge in [0.05, 0.1) is 6.10 Å². The number of rotatable bonds is 3. The molecule has 2 unspecified atom stereocenters. The van der Waals surface area contributed by atoms with Crippen LogP contribution in [0, 0.1) is 0 Å². The van der Waals surface area contributed by atoms with Gasteiger partial charge < -0.3 is 10.1 Å². The maximum absolute atomic E-state index is 5.49. The van der Waals surface area contributed by atoms with Crippen LogP contribution in [0.5, 0.6) is 0 Å². The summed E-state index contributed by atoms with van der Waals surface area (Å²) in [5.74, 6) is 6.47. The molecule has 2 atom stereocenters. The summed E-state index contributed by atoms with van der Waals surface area (Å²) in [7, 11) is 0. The Bertz CT molecular complexity index is 346. The first-order chi connectivity index (χ1) is 7.78. The van der Waals surface area contributed by atoms with Crippen molar-refractivity contribution in [1.29, 1.82) is 0 Å². The second-order valence-corrected chi connectivity index (χ2v) is 3.96. The van der Waals surface area contributed by atoms with Crippen molar-refractivity contribution in [2.45, 2.75) is 31.9 Å². The van der Waals surface area contributed by atoms with E-state index in [-0.39, 0.29) is 0 Å². The number of hydrazine groups is 1. The molecule has 0 amide bonds. The summed E-state index contributed by atoms with van der Waals surface area (Å²) in [6, 6.07) is 2.24. The van der Waals surface area contributed by atoms with E-state index in [1.54, 1.807) is 6.20 Å². The minimum atomic E-state index is 0.306. The molecule has 4 N–H and O–H groups in total. The smallest absolute Gasteiger partial charge is 0.239 e. The van der Waals surface area contributed by atoms with E-state index in [1.807, 2.05) is 6.07 Å². The number of hydrogen-bond acceptors (Lipinski definition) is 6. The fourth-order valence-electron chi connectivity index (χ4n) is 1.85. The highest BCUT2D eigenvalue weighted by Crippen LogP contribution is 2.17. The Hall–Kier alpha value is -1.40. The summed E-state index contributed by atoms with van der Waals surface area (Å²) in [4.78, 5) is 8.17. The van der Waals surface area contributed by atoms with Crippen LogP contribution in [0.3, 0.4) is 0 Å². The van der Waals surface area contributed by atoms with Crippen molar-refractivity contribution in [3.8, 4) is 0 Å². The summed E-state index contributed by atoms with van der Waals surface area (Å²) in [6.45, 7) is 2.88. The van der Waals surface area contributed by atoms with Gasteiger partial charge in [-0.25, -0.2) is 10.8 Å². The quantitative estimate of drug-likeness (QED) is 0.517. The molecule has 1 fully saturated rings. The highest BCUT2D eigenvalue weighted by atomic mass is 16.5. The van der Waals surface area contributed by atoms with Crippen molar-refractivity contribution in [1.82, 2.24) is 9.97 Å². The first kappa shape index (κ1) is 11.1. The lowest BCUT2D eigenvalue weighted by Crippen LogP contribution is -2.32. The van der Waals surface area contributed by atoms with Gasteiger partial charge in [-0.15, -0.1) is 0 Å². The molecule has 1 aliphatic heterocycles. The predicted molar refractivity (Wildman–Crippen MR) is 61.9 cm³/mol. The number of ether oxygens (including phenoxy) is 1. The SMILES string of the molecule is CC1CC(Nc2ccnc(NN)n2)CCO1. The van der Waals surface area contributed by atoms with Crippen LogP contribution in [-0.2, 0) is 4.74 Å². The summed E-state index contributed by atoms with van der Waals surface area (Å²) < 4.78 is 5.49. The van der Waals surface area contributed by atoms with Crippen molar-refractivity contribution < 1.29 is 4.74 Å². The highest BCUT2D eigenvalue weighted by molar-refractivity contribution is 5.39. The van der Waals surface area contributed by atoms with Gasteiger partial charge in [-0.3, -0.25) is 5.43 Å². The molecule has 0 aliphatic carbocycles. The van der Waals surface area contributed by atoms with Crippen LogP contribution in [0.15, 0.2) is 12.3 Å². The van der Waals surface area contributed by atoms with Gasteiger partial charge in [-0.05, 0) is 25.8 Å². The fraction of sp³-hybridized carbons (Fsp3) is 0.600. The molecule has 0 radical (unpaired) electrons. The Morgan fingerprint density at radius 3 is 3.19 bits per heavy atom. The van der Waals surface area contributed by atoms with Crippen molar-refractivity contribution in [3.05, 3.63) is 12.3 Å². The van der Waals surface area contributed by atoms with Crippen LogP contribution in [0.2, 0.25) is 0 Å². The maximum Gasteiger partial charge on any atom is 0.239 e. The zero-order chi connectivity index (χ0) is 11.4. The van der Waals surface area contributed by atoms with Gasteiger partial charge in [0.2, 0.25) is 5.95 Å². The molecule has 0 aromatic carbocycles. The summed E-state index contributed by atoms with van der Waals surface area (Å²) in [6.07, 6.45) is 3.97. The molecule has 1 aliphatic rings. The number of nitrogens with zero attached hydrogens (tertiary/aromatic N) is 2. The summed E-state index contributed by atoms with van der Waals surface area (Å²) >= 11 is 0. The van der Waals surface area contributed by atoms with Gasteiger partial charge in [0, 0.05) is 18.8 Å². The monoisotopic (exact) mass is 223 g/mol. The Balaban J connectivity index is 1.97. The normalized spacial score (nSPS) is 25.1. The average molecular weight is 223 g/mol. The third-order valence-electron chi connectivity index (χ3n) is 2.62. The molecular formula is C10H17N5O. The first-order valence-corrected chi connectivity index (χ1v) is 5.45. The fourth-order valence-corrected chi connectivity index (χ4v) is 1.85. The molecular weight excluding hydrogens is 206 g/mol. The number of anilines is 2. The first-order valence-electron chi connectivity index (χ1n) is 5.45. The molecule has 2 rings (SSSR count). The van der Waals surface area contributed by atoms with E-state index < -0.39 is 0 Å². The lowest BCUT2D eigenvalue weighted by molar-refractivity contribution is 0.0232. The van der Waals surface area contributed by atoms with Gasteiger partial charge in [-0.2, -0.15) is 4.98 Å². The molecule has 2 heterocycles. The van der Waals surface area contributed by atoms with E-state index in [2.05, 4.69) is 27.6 Å². The Morgan fingerprint density at radius 1 is 1.56 bits per heavy atom.